The Morgan fingerprint density at radius 3 is 2.86 bits per heavy atom. The Morgan fingerprint density at radius 2 is 2.07 bits per heavy atom. The number of likely N-dealkylation sites (tertiary alicyclic amines) is 1. The van der Waals surface area contributed by atoms with Crippen LogP contribution in [0.5, 0.6) is 5.88 Å². The Labute approximate surface area is 165 Å². The number of carbonyl (C=O) groups excluding carboxylic acids is 1. The van der Waals surface area contributed by atoms with Gasteiger partial charge < -0.3 is 15.0 Å². The second-order valence-corrected chi connectivity index (χ2v) is 7.98. The van der Waals surface area contributed by atoms with Gasteiger partial charge in [0.15, 0.2) is 0 Å². The molecule has 4 rings (SSSR count). The van der Waals surface area contributed by atoms with Gasteiger partial charge in [-0.05, 0) is 51.7 Å². The first-order valence-corrected chi connectivity index (χ1v) is 9.82. The van der Waals surface area contributed by atoms with Crippen molar-refractivity contribution in [3.05, 3.63) is 41.0 Å². The molecule has 0 bridgehead atoms. The van der Waals surface area contributed by atoms with E-state index in [-0.39, 0.29) is 17.4 Å². The van der Waals surface area contributed by atoms with Crippen LogP contribution in [0.1, 0.15) is 48.5 Å². The number of hydrogen-bond donors (Lipinski definition) is 1. The molecule has 2 aromatic heterocycles. The number of carbonyl (C=O) groups is 1. The highest BCUT2D eigenvalue weighted by Gasteiger charge is 2.43. The fourth-order valence-corrected chi connectivity index (χ4v) is 4.24. The molecule has 0 unspecified atom stereocenters. The van der Waals surface area contributed by atoms with Crippen molar-refractivity contribution in [1.29, 1.82) is 0 Å². The van der Waals surface area contributed by atoms with Gasteiger partial charge in [0.25, 0.3) is 0 Å². The minimum atomic E-state index is -0.331. The summed E-state index contributed by atoms with van der Waals surface area (Å²) in [6.07, 6.45) is 2.95. The number of pyridine rings is 1. The summed E-state index contributed by atoms with van der Waals surface area (Å²) in [4.78, 5) is 28.5. The molecule has 2 aromatic rings. The molecule has 0 saturated carbocycles. The highest BCUT2D eigenvalue weighted by molar-refractivity contribution is 5.83. The zero-order valence-electron chi connectivity index (χ0n) is 17.0. The molecule has 7 heteroatoms. The molecule has 1 spiro atoms. The van der Waals surface area contributed by atoms with Crippen molar-refractivity contribution < 1.29 is 9.53 Å². The van der Waals surface area contributed by atoms with Gasteiger partial charge in [-0.1, -0.05) is 6.07 Å². The van der Waals surface area contributed by atoms with Crippen molar-refractivity contribution in [2.75, 3.05) is 25.5 Å². The van der Waals surface area contributed by atoms with Crippen LogP contribution in [0.25, 0.3) is 0 Å². The van der Waals surface area contributed by atoms with E-state index in [0.717, 1.165) is 37.3 Å². The number of amides is 1. The number of nitrogens with zero attached hydrogens (tertiary/aromatic N) is 4. The number of hydrogen-bond acceptors (Lipinski definition) is 6. The van der Waals surface area contributed by atoms with Gasteiger partial charge in [-0.15, -0.1) is 0 Å². The second-order valence-electron chi connectivity index (χ2n) is 7.98. The Morgan fingerprint density at radius 1 is 1.25 bits per heavy atom. The smallest absolute Gasteiger partial charge is 0.231 e. The highest BCUT2D eigenvalue weighted by Crippen LogP contribution is 2.37. The first kappa shape index (κ1) is 18.7. The monoisotopic (exact) mass is 381 g/mol. The molecule has 0 aromatic carbocycles. The van der Waals surface area contributed by atoms with Crippen LogP contribution in [0.4, 0.5) is 5.82 Å². The third-order valence-electron chi connectivity index (χ3n) is 5.90. The average Bonchev–Trinajstić information content (AvgIpc) is 3.09. The zero-order chi connectivity index (χ0) is 19.9. The number of rotatable bonds is 3. The molecule has 2 aliphatic rings. The maximum Gasteiger partial charge on any atom is 0.231 e. The molecule has 148 valence electrons. The van der Waals surface area contributed by atoms with Crippen LogP contribution < -0.4 is 10.1 Å². The van der Waals surface area contributed by atoms with Crippen molar-refractivity contribution in [2.24, 2.45) is 0 Å². The molecular formula is C21H27N5O2. The number of aryl methyl sites for hydroxylation is 3. The molecule has 0 aliphatic carbocycles. The minimum Gasteiger partial charge on any atom is -0.481 e. The van der Waals surface area contributed by atoms with Crippen LogP contribution in [0, 0.1) is 13.8 Å². The lowest BCUT2D eigenvalue weighted by molar-refractivity contribution is -0.131. The van der Waals surface area contributed by atoms with Crippen molar-refractivity contribution in [3.63, 3.8) is 0 Å². The third-order valence-corrected chi connectivity index (χ3v) is 5.90. The summed E-state index contributed by atoms with van der Waals surface area (Å²) in [5.74, 6) is 1.85. The van der Waals surface area contributed by atoms with E-state index >= 15 is 0 Å². The molecule has 7 nitrogen and oxygen atoms in total. The summed E-state index contributed by atoms with van der Waals surface area (Å²) in [7, 11) is 1.57. The predicted octanol–water partition coefficient (Wildman–Crippen LogP) is 2.63. The standard InChI is InChI=1S/C21H27N5O2/c1-13-5-6-16-7-8-21(25-19(16)22-13)9-10-26(12-21)20(27)14(2)17-11-18(28-4)24-15(3)23-17/h5-6,11,14H,7-10,12H2,1-4H3,(H,22,25)/t14-,21+/m0/s1. The van der Waals surface area contributed by atoms with E-state index in [2.05, 4.69) is 32.4 Å². The largest absolute Gasteiger partial charge is 0.481 e. The number of anilines is 1. The molecule has 2 aliphatic heterocycles. The lowest BCUT2D eigenvalue weighted by Crippen LogP contribution is -2.46. The number of nitrogens with one attached hydrogen (secondary N) is 1. The lowest BCUT2D eigenvalue weighted by atomic mass is 9.86. The molecule has 1 amide bonds. The van der Waals surface area contributed by atoms with Crippen LogP contribution >= 0.6 is 0 Å². The van der Waals surface area contributed by atoms with Crippen LogP contribution in [0.3, 0.4) is 0 Å². The molecule has 28 heavy (non-hydrogen) atoms. The summed E-state index contributed by atoms with van der Waals surface area (Å²) in [5, 5.41) is 3.65. The Bertz CT molecular complexity index is 916. The van der Waals surface area contributed by atoms with E-state index in [1.807, 2.05) is 25.7 Å². The van der Waals surface area contributed by atoms with E-state index < -0.39 is 0 Å². The molecule has 2 atom stereocenters. The maximum absolute atomic E-state index is 13.2. The molecule has 4 heterocycles. The number of aromatic nitrogens is 3. The summed E-state index contributed by atoms with van der Waals surface area (Å²) >= 11 is 0. The minimum absolute atomic E-state index is 0.0809. The van der Waals surface area contributed by atoms with E-state index in [0.29, 0.717) is 23.9 Å². The van der Waals surface area contributed by atoms with Crippen molar-refractivity contribution in [2.45, 2.75) is 51.5 Å². The fraction of sp³-hybridized carbons (Fsp3) is 0.524. The number of ether oxygens (including phenoxy) is 1. The highest BCUT2D eigenvalue weighted by atomic mass is 16.5. The second kappa shape index (κ2) is 7.04. The first-order valence-electron chi connectivity index (χ1n) is 9.82. The summed E-state index contributed by atoms with van der Waals surface area (Å²) in [5.41, 5.74) is 2.89. The van der Waals surface area contributed by atoms with Crippen molar-refractivity contribution in [1.82, 2.24) is 19.9 Å². The van der Waals surface area contributed by atoms with Gasteiger partial charge in [-0.25, -0.2) is 9.97 Å². The van der Waals surface area contributed by atoms with Crippen LogP contribution in [-0.2, 0) is 11.2 Å². The van der Waals surface area contributed by atoms with Gasteiger partial charge in [0.1, 0.15) is 11.6 Å². The van der Waals surface area contributed by atoms with Gasteiger partial charge in [-0.3, -0.25) is 4.79 Å². The summed E-state index contributed by atoms with van der Waals surface area (Å²) < 4.78 is 5.23. The normalized spacial score (nSPS) is 21.9. The van der Waals surface area contributed by atoms with Crippen molar-refractivity contribution >= 4 is 11.7 Å². The van der Waals surface area contributed by atoms with Crippen LogP contribution in [0.15, 0.2) is 18.2 Å². The summed E-state index contributed by atoms with van der Waals surface area (Å²) in [6.45, 7) is 7.17. The quantitative estimate of drug-likeness (QED) is 0.880. The lowest BCUT2D eigenvalue weighted by Gasteiger charge is -2.36. The molecular weight excluding hydrogens is 354 g/mol. The number of methoxy groups -OCH3 is 1. The summed E-state index contributed by atoms with van der Waals surface area (Å²) in [6, 6.07) is 5.97. The van der Waals surface area contributed by atoms with Gasteiger partial charge in [0, 0.05) is 24.8 Å². The van der Waals surface area contributed by atoms with Gasteiger partial charge in [0.05, 0.1) is 24.3 Å². The van der Waals surface area contributed by atoms with E-state index in [1.54, 1.807) is 13.2 Å². The molecule has 1 fully saturated rings. The average molecular weight is 381 g/mol. The first-order chi connectivity index (χ1) is 13.4. The van der Waals surface area contributed by atoms with E-state index in [4.69, 9.17) is 4.74 Å². The Balaban J connectivity index is 1.50. The molecule has 1 saturated heterocycles. The van der Waals surface area contributed by atoms with Crippen LogP contribution in [-0.4, -0.2) is 51.5 Å². The number of fused-ring (bicyclic) bond motifs is 1. The Hall–Kier alpha value is -2.70. The molecule has 0 radical (unpaired) electrons. The predicted molar refractivity (Wildman–Crippen MR) is 107 cm³/mol. The van der Waals surface area contributed by atoms with Crippen LogP contribution in [0.2, 0.25) is 0 Å². The Kier molecular flexibility index (Phi) is 4.69. The van der Waals surface area contributed by atoms with E-state index in [1.165, 1.54) is 5.56 Å². The SMILES string of the molecule is COc1cc([C@H](C)C(=O)N2CC[C@]3(CCc4ccc(C)nc4N3)C2)nc(C)n1. The van der Waals surface area contributed by atoms with Gasteiger partial charge >= 0.3 is 0 Å². The molecule has 1 N–H and O–H groups in total. The van der Waals surface area contributed by atoms with E-state index in [9.17, 15) is 4.79 Å². The zero-order valence-corrected chi connectivity index (χ0v) is 17.0. The topological polar surface area (TPSA) is 80.2 Å². The van der Waals surface area contributed by atoms with Crippen molar-refractivity contribution in [3.8, 4) is 5.88 Å². The van der Waals surface area contributed by atoms with Gasteiger partial charge in [0.2, 0.25) is 11.8 Å². The van der Waals surface area contributed by atoms with Gasteiger partial charge in [-0.2, -0.15) is 4.98 Å². The third kappa shape index (κ3) is 3.41. The maximum atomic E-state index is 13.2. The fourth-order valence-electron chi connectivity index (χ4n) is 4.24.